The van der Waals surface area contributed by atoms with Gasteiger partial charge < -0.3 is 19.3 Å². The molecule has 1 aromatic heterocycles. The molecule has 0 atom stereocenters. The van der Waals surface area contributed by atoms with Crippen LogP contribution in [-0.4, -0.2) is 46.0 Å². The molecule has 2 aromatic carbocycles. The number of benzene rings is 2. The molecule has 0 radical (unpaired) electrons. The van der Waals surface area contributed by atoms with Crippen LogP contribution in [0.4, 0.5) is 5.69 Å². The largest absolute Gasteiger partial charge is 0.454 e. The van der Waals surface area contributed by atoms with Crippen LogP contribution in [0.25, 0.3) is 11.4 Å². The van der Waals surface area contributed by atoms with Crippen molar-refractivity contribution in [3.05, 3.63) is 53.9 Å². The van der Waals surface area contributed by atoms with Gasteiger partial charge in [-0.1, -0.05) is 11.2 Å². The first-order valence-corrected chi connectivity index (χ1v) is 10.0. The number of carbonyl (C=O) groups is 2. The molecule has 0 aliphatic carbocycles. The predicted molar refractivity (Wildman–Crippen MR) is 113 cm³/mol. The van der Waals surface area contributed by atoms with Crippen molar-refractivity contribution in [1.82, 2.24) is 15.1 Å². The van der Waals surface area contributed by atoms with E-state index >= 15 is 0 Å². The quantitative estimate of drug-likeness (QED) is 0.631. The first kappa shape index (κ1) is 20.2. The van der Waals surface area contributed by atoms with Crippen LogP contribution in [0.3, 0.4) is 0 Å². The van der Waals surface area contributed by atoms with Crippen LogP contribution in [0.2, 0.25) is 0 Å². The van der Waals surface area contributed by atoms with Gasteiger partial charge in [0, 0.05) is 24.1 Å². The molecule has 2 amide bonds. The number of hydrogen-bond donors (Lipinski definition) is 1. The molecule has 33 heavy (non-hydrogen) atoms. The summed E-state index contributed by atoms with van der Waals surface area (Å²) in [6.45, 7) is -0.128. The zero-order valence-electron chi connectivity index (χ0n) is 17.1. The third kappa shape index (κ3) is 4.22. The van der Waals surface area contributed by atoms with Gasteiger partial charge in [-0.3, -0.25) is 9.59 Å². The molecule has 5 rings (SSSR count). The van der Waals surface area contributed by atoms with Crippen molar-refractivity contribution < 1.29 is 23.6 Å². The average molecular weight is 444 g/mol. The van der Waals surface area contributed by atoms with Crippen LogP contribution in [0, 0.1) is 11.3 Å². The van der Waals surface area contributed by atoms with Crippen LogP contribution in [0.15, 0.2) is 52.1 Å². The number of nitrogens with one attached hydrogen (secondary N) is 1. The molecule has 0 bridgehead atoms. The fraction of sp³-hybridized carbons (Fsp3) is 0.182. The Balaban J connectivity index is 1.31. The standard InChI is InChI=1S/C22H16N6O5/c23-10-13-2-1-3-15(8-13)24-19(29)11-28-20(30)7-5-16(26-28)22-25-21(27-33-22)14-4-6-17-18(9-14)32-12-31-17/h1-4,6,8-9H,5,7,11-12H2,(H,24,29). The molecule has 164 valence electrons. The van der Waals surface area contributed by atoms with Crippen LogP contribution in [-0.2, 0) is 9.59 Å². The van der Waals surface area contributed by atoms with Gasteiger partial charge in [-0.05, 0) is 36.4 Å². The molecule has 0 fully saturated rings. The SMILES string of the molecule is N#Cc1cccc(NC(=O)CN2N=C(c3nc(-c4ccc5c(c4)OCO5)no3)CCC2=O)c1. The minimum absolute atomic E-state index is 0.151. The molecule has 0 saturated carbocycles. The van der Waals surface area contributed by atoms with Crippen molar-refractivity contribution in [3.8, 4) is 29.0 Å². The maximum Gasteiger partial charge on any atom is 0.274 e. The number of nitrogens with zero attached hydrogens (tertiary/aromatic N) is 5. The molecule has 2 aliphatic heterocycles. The summed E-state index contributed by atoms with van der Waals surface area (Å²) in [7, 11) is 0. The Labute approximate surface area is 187 Å². The smallest absolute Gasteiger partial charge is 0.274 e. The molecular formula is C22H16N6O5. The van der Waals surface area contributed by atoms with E-state index < -0.39 is 5.91 Å². The third-order valence-corrected chi connectivity index (χ3v) is 4.98. The fourth-order valence-electron chi connectivity index (χ4n) is 3.38. The Kier molecular flexibility index (Phi) is 5.16. The number of aromatic nitrogens is 2. The van der Waals surface area contributed by atoms with Crippen molar-refractivity contribution >= 4 is 23.2 Å². The highest BCUT2D eigenvalue weighted by molar-refractivity contribution is 6.02. The Morgan fingerprint density at radius 1 is 1.15 bits per heavy atom. The molecule has 0 saturated heterocycles. The number of carbonyl (C=O) groups excluding carboxylic acids is 2. The van der Waals surface area contributed by atoms with Crippen molar-refractivity contribution in [2.24, 2.45) is 5.10 Å². The van der Waals surface area contributed by atoms with Gasteiger partial charge in [-0.2, -0.15) is 15.3 Å². The number of fused-ring (bicyclic) bond motifs is 1. The van der Waals surface area contributed by atoms with E-state index in [1.54, 1.807) is 42.5 Å². The van der Waals surface area contributed by atoms with Gasteiger partial charge in [0.2, 0.25) is 24.4 Å². The number of hydrogen-bond acceptors (Lipinski definition) is 9. The summed E-state index contributed by atoms with van der Waals surface area (Å²) in [6.07, 6.45) is 0.460. The topological polar surface area (TPSA) is 143 Å². The lowest BCUT2D eigenvalue weighted by atomic mass is 10.1. The number of ether oxygens (including phenoxy) is 2. The summed E-state index contributed by atoms with van der Waals surface area (Å²) in [6, 6.07) is 13.8. The highest BCUT2D eigenvalue weighted by Gasteiger charge is 2.27. The van der Waals surface area contributed by atoms with Gasteiger partial charge >= 0.3 is 0 Å². The van der Waals surface area contributed by atoms with Crippen LogP contribution < -0.4 is 14.8 Å². The normalized spacial score (nSPS) is 14.6. The first-order valence-electron chi connectivity index (χ1n) is 10.0. The highest BCUT2D eigenvalue weighted by Crippen LogP contribution is 2.35. The number of amides is 2. The van der Waals surface area contributed by atoms with Crippen molar-refractivity contribution in [2.75, 3.05) is 18.7 Å². The van der Waals surface area contributed by atoms with Gasteiger partial charge in [0.05, 0.1) is 11.6 Å². The third-order valence-electron chi connectivity index (χ3n) is 4.98. The molecule has 11 nitrogen and oxygen atoms in total. The number of hydrazone groups is 1. The molecule has 11 heteroatoms. The molecule has 2 aliphatic rings. The predicted octanol–water partition coefficient (Wildman–Crippen LogP) is 2.30. The summed E-state index contributed by atoms with van der Waals surface area (Å²) >= 11 is 0. The maximum absolute atomic E-state index is 12.4. The summed E-state index contributed by atoms with van der Waals surface area (Å²) in [5.41, 5.74) is 1.96. The van der Waals surface area contributed by atoms with E-state index in [1.807, 2.05) is 6.07 Å². The van der Waals surface area contributed by atoms with E-state index in [0.29, 0.717) is 46.3 Å². The first-order chi connectivity index (χ1) is 16.1. The van der Waals surface area contributed by atoms with Crippen LogP contribution in [0.5, 0.6) is 11.5 Å². The van der Waals surface area contributed by atoms with E-state index in [0.717, 1.165) is 5.01 Å². The molecule has 0 unspecified atom stereocenters. The van der Waals surface area contributed by atoms with Crippen molar-refractivity contribution in [2.45, 2.75) is 12.8 Å². The van der Waals surface area contributed by atoms with E-state index in [9.17, 15) is 9.59 Å². The number of nitriles is 1. The summed E-state index contributed by atoms with van der Waals surface area (Å²) in [5, 5.41) is 21.0. The van der Waals surface area contributed by atoms with E-state index in [4.69, 9.17) is 19.3 Å². The molecule has 1 N–H and O–H groups in total. The highest BCUT2D eigenvalue weighted by atomic mass is 16.7. The van der Waals surface area contributed by atoms with Crippen molar-refractivity contribution in [3.63, 3.8) is 0 Å². The summed E-state index contributed by atoms with van der Waals surface area (Å²) in [5.74, 6) is 1.000. The molecular weight excluding hydrogens is 428 g/mol. The summed E-state index contributed by atoms with van der Waals surface area (Å²) in [4.78, 5) is 29.1. The monoisotopic (exact) mass is 444 g/mol. The second kappa shape index (κ2) is 8.43. The van der Waals surface area contributed by atoms with Gasteiger partial charge in [0.15, 0.2) is 11.5 Å². The molecule has 3 heterocycles. The molecule has 0 spiro atoms. The van der Waals surface area contributed by atoms with E-state index in [1.165, 1.54) is 0 Å². The Hall–Kier alpha value is -4.72. The van der Waals surface area contributed by atoms with Gasteiger partial charge in [-0.15, -0.1) is 0 Å². The Morgan fingerprint density at radius 2 is 2.03 bits per heavy atom. The second-order valence-electron chi connectivity index (χ2n) is 7.23. The minimum Gasteiger partial charge on any atom is -0.454 e. The van der Waals surface area contributed by atoms with E-state index in [-0.39, 0.29) is 31.6 Å². The van der Waals surface area contributed by atoms with E-state index in [2.05, 4.69) is 20.6 Å². The van der Waals surface area contributed by atoms with Gasteiger partial charge in [0.25, 0.3) is 5.89 Å². The minimum atomic E-state index is -0.449. The number of anilines is 1. The van der Waals surface area contributed by atoms with Crippen molar-refractivity contribution in [1.29, 1.82) is 5.26 Å². The lowest BCUT2D eigenvalue weighted by Crippen LogP contribution is -2.38. The lowest BCUT2D eigenvalue weighted by molar-refractivity contribution is -0.135. The van der Waals surface area contributed by atoms with Gasteiger partial charge in [-0.25, -0.2) is 5.01 Å². The molecule has 3 aromatic rings. The maximum atomic E-state index is 12.4. The van der Waals surface area contributed by atoms with Crippen LogP contribution >= 0.6 is 0 Å². The van der Waals surface area contributed by atoms with Gasteiger partial charge in [0.1, 0.15) is 12.3 Å². The van der Waals surface area contributed by atoms with Crippen LogP contribution in [0.1, 0.15) is 24.3 Å². The Morgan fingerprint density at radius 3 is 2.91 bits per heavy atom. The average Bonchev–Trinajstić information content (AvgIpc) is 3.50. The second-order valence-corrected chi connectivity index (χ2v) is 7.23. The lowest BCUT2D eigenvalue weighted by Gasteiger charge is -2.21. The number of rotatable bonds is 5. The zero-order valence-corrected chi connectivity index (χ0v) is 17.1. The fourth-order valence-corrected chi connectivity index (χ4v) is 3.38. The zero-order chi connectivity index (χ0) is 22.8. The summed E-state index contributed by atoms with van der Waals surface area (Å²) < 4.78 is 16.0. The Bertz CT molecular complexity index is 1320.